The van der Waals surface area contributed by atoms with Gasteiger partial charge in [-0.2, -0.15) is 0 Å². The zero-order valence-electron chi connectivity index (χ0n) is 4.72. The van der Waals surface area contributed by atoms with E-state index in [-0.39, 0.29) is 12.0 Å². The SMILES string of the molecule is C=C(CC(N)=O)C(=O)[O-]. The summed E-state index contributed by atoms with van der Waals surface area (Å²) in [6, 6.07) is 0. The van der Waals surface area contributed by atoms with Gasteiger partial charge >= 0.3 is 0 Å². The van der Waals surface area contributed by atoms with Crippen molar-refractivity contribution in [1.29, 1.82) is 0 Å². The number of rotatable bonds is 3. The fraction of sp³-hybridized carbons (Fsp3) is 0.200. The van der Waals surface area contributed by atoms with Crippen LogP contribution < -0.4 is 10.8 Å². The number of nitrogens with two attached hydrogens (primary N) is 1. The van der Waals surface area contributed by atoms with Crippen LogP contribution in [0.1, 0.15) is 6.42 Å². The smallest absolute Gasteiger partial charge is 0.221 e. The predicted octanol–water partition coefficient (Wildman–Crippen LogP) is -1.83. The van der Waals surface area contributed by atoms with Crippen molar-refractivity contribution in [3.63, 3.8) is 0 Å². The quantitative estimate of drug-likeness (QED) is 0.453. The molecule has 0 saturated heterocycles. The molecule has 50 valence electrons. The Kier molecular flexibility index (Phi) is 2.44. The van der Waals surface area contributed by atoms with Crippen LogP contribution in [0.4, 0.5) is 0 Å². The van der Waals surface area contributed by atoms with Crippen LogP contribution in [0.15, 0.2) is 12.2 Å². The van der Waals surface area contributed by atoms with E-state index in [1.54, 1.807) is 0 Å². The molecule has 0 aromatic rings. The molecule has 4 nitrogen and oxygen atoms in total. The number of aliphatic carboxylic acids is 1. The van der Waals surface area contributed by atoms with E-state index in [0.717, 1.165) is 0 Å². The first-order chi connectivity index (χ1) is 4.04. The van der Waals surface area contributed by atoms with Gasteiger partial charge in [-0.3, -0.25) is 4.79 Å². The van der Waals surface area contributed by atoms with Crippen molar-refractivity contribution >= 4 is 11.9 Å². The maximum absolute atomic E-state index is 9.98. The summed E-state index contributed by atoms with van der Waals surface area (Å²) in [6.45, 7) is 3.03. The summed E-state index contributed by atoms with van der Waals surface area (Å²) < 4.78 is 0. The largest absolute Gasteiger partial charge is 0.545 e. The van der Waals surface area contributed by atoms with E-state index in [9.17, 15) is 14.7 Å². The van der Waals surface area contributed by atoms with Gasteiger partial charge in [0, 0.05) is 0 Å². The molecule has 0 atom stereocenters. The van der Waals surface area contributed by atoms with Gasteiger partial charge in [0.2, 0.25) is 5.91 Å². The number of hydrogen-bond donors (Lipinski definition) is 1. The van der Waals surface area contributed by atoms with Crippen LogP contribution in [0.2, 0.25) is 0 Å². The van der Waals surface area contributed by atoms with Crippen molar-refractivity contribution < 1.29 is 14.7 Å². The Morgan fingerprint density at radius 1 is 1.56 bits per heavy atom. The van der Waals surface area contributed by atoms with Crippen LogP contribution in [0.5, 0.6) is 0 Å². The third kappa shape index (κ3) is 3.28. The standard InChI is InChI=1S/C5H7NO3/c1-3(5(8)9)2-4(6)7/h1-2H2,(H2,6,7)(H,8,9)/p-1. The van der Waals surface area contributed by atoms with Crippen molar-refractivity contribution in [1.82, 2.24) is 0 Å². The lowest BCUT2D eigenvalue weighted by Crippen LogP contribution is -2.26. The van der Waals surface area contributed by atoms with Crippen molar-refractivity contribution in [3.8, 4) is 0 Å². The molecule has 4 heteroatoms. The number of primary amides is 1. The van der Waals surface area contributed by atoms with Gasteiger partial charge in [-0.15, -0.1) is 0 Å². The highest BCUT2D eigenvalue weighted by Gasteiger charge is 1.98. The van der Waals surface area contributed by atoms with Crippen LogP contribution in [-0.4, -0.2) is 11.9 Å². The average Bonchev–Trinajstić information content (AvgIpc) is 1.63. The first-order valence-corrected chi connectivity index (χ1v) is 2.21. The minimum Gasteiger partial charge on any atom is -0.545 e. The van der Waals surface area contributed by atoms with E-state index in [4.69, 9.17) is 0 Å². The Morgan fingerprint density at radius 2 is 2.00 bits per heavy atom. The highest BCUT2D eigenvalue weighted by atomic mass is 16.4. The molecule has 0 aliphatic rings. The summed E-state index contributed by atoms with van der Waals surface area (Å²) in [5.74, 6) is -2.15. The van der Waals surface area contributed by atoms with Gasteiger partial charge in [0.1, 0.15) is 0 Å². The maximum Gasteiger partial charge on any atom is 0.221 e. The molecule has 0 aliphatic carbocycles. The van der Waals surface area contributed by atoms with Crippen molar-refractivity contribution in [2.24, 2.45) is 5.73 Å². The first-order valence-electron chi connectivity index (χ1n) is 2.21. The summed E-state index contributed by atoms with van der Waals surface area (Å²) in [4.78, 5) is 19.8. The van der Waals surface area contributed by atoms with Gasteiger partial charge in [0.15, 0.2) is 0 Å². The fourth-order valence-corrected chi connectivity index (χ4v) is 0.282. The molecule has 0 saturated carbocycles. The van der Waals surface area contributed by atoms with Crippen molar-refractivity contribution in [2.45, 2.75) is 6.42 Å². The molecule has 2 N–H and O–H groups in total. The highest BCUT2D eigenvalue weighted by molar-refractivity contribution is 5.91. The molecule has 0 aliphatic heterocycles. The van der Waals surface area contributed by atoms with Crippen molar-refractivity contribution in [3.05, 3.63) is 12.2 Å². The second-order valence-electron chi connectivity index (χ2n) is 1.53. The van der Waals surface area contributed by atoms with Crippen LogP contribution >= 0.6 is 0 Å². The second-order valence-corrected chi connectivity index (χ2v) is 1.53. The van der Waals surface area contributed by atoms with Gasteiger partial charge < -0.3 is 15.6 Å². The average molecular weight is 128 g/mol. The molecule has 0 aromatic carbocycles. The summed E-state index contributed by atoms with van der Waals surface area (Å²) in [7, 11) is 0. The monoisotopic (exact) mass is 128 g/mol. The van der Waals surface area contributed by atoms with Crippen molar-refractivity contribution in [2.75, 3.05) is 0 Å². The summed E-state index contributed by atoms with van der Waals surface area (Å²) >= 11 is 0. The van der Waals surface area contributed by atoms with Crippen LogP contribution in [-0.2, 0) is 9.59 Å². The topological polar surface area (TPSA) is 83.2 Å². The first kappa shape index (κ1) is 7.68. The fourth-order valence-electron chi connectivity index (χ4n) is 0.282. The normalized spacial score (nSPS) is 8.44. The molecule has 0 bridgehead atoms. The number of amides is 1. The third-order valence-corrected chi connectivity index (χ3v) is 0.676. The number of carboxylic acids is 1. The lowest BCUT2D eigenvalue weighted by molar-refractivity contribution is -0.299. The zero-order valence-corrected chi connectivity index (χ0v) is 4.72. The van der Waals surface area contributed by atoms with E-state index < -0.39 is 11.9 Å². The van der Waals surface area contributed by atoms with E-state index >= 15 is 0 Å². The van der Waals surface area contributed by atoms with Gasteiger partial charge in [0.25, 0.3) is 0 Å². The van der Waals surface area contributed by atoms with E-state index in [2.05, 4.69) is 12.3 Å². The van der Waals surface area contributed by atoms with Crippen LogP contribution in [0.25, 0.3) is 0 Å². The maximum atomic E-state index is 9.98. The van der Waals surface area contributed by atoms with Gasteiger partial charge in [-0.1, -0.05) is 6.58 Å². The van der Waals surface area contributed by atoms with Crippen LogP contribution in [0.3, 0.4) is 0 Å². The zero-order chi connectivity index (χ0) is 7.44. The van der Waals surface area contributed by atoms with Gasteiger partial charge in [-0.05, 0) is 5.57 Å². The highest BCUT2D eigenvalue weighted by Crippen LogP contribution is 1.92. The molecular formula is C5H6NO3-. The summed E-state index contributed by atoms with van der Waals surface area (Å²) in [5.41, 5.74) is 4.35. The molecule has 1 amide bonds. The number of carbonyl (C=O) groups is 2. The second kappa shape index (κ2) is 2.86. The van der Waals surface area contributed by atoms with Gasteiger partial charge in [-0.25, -0.2) is 0 Å². The molecular weight excluding hydrogens is 122 g/mol. The Labute approximate surface area is 52.0 Å². The van der Waals surface area contributed by atoms with E-state index in [1.165, 1.54) is 0 Å². The Bertz CT molecular complexity index is 162. The molecule has 0 aromatic heterocycles. The van der Waals surface area contributed by atoms with E-state index in [0.29, 0.717) is 0 Å². The molecule has 0 fully saturated rings. The Hall–Kier alpha value is -1.32. The summed E-state index contributed by atoms with van der Waals surface area (Å²) in [6.07, 6.45) is -0.345. The number of carbonyl (C=O) groups excluding carboxylic acids is 2. The Balaban J connectivity index is 3.79. The molecule has 9 heavy (non-hydrogen) atoms. The molecule has 0 spiro atoms. The van der Waals surface area contributed by atoms with Crippen LogP contribution in [0, 0.1) is 0 Å². The van der Waals surface area contributed by atoms with Gasteiger partial charge in [0.05, 0.1) is 12.4 Å². The molecule has 0 radical (unpaired) electrons. The number of carboxylic acid groups (broad SMARTS) is 1. The Morgan fingerprint density at radius 3 is 2.11 bits per heavy atom. The minimum atomic E-state index is -1.44. The molecule has 0 heterocycles. The lowest BCUT2D eigenvalue weighted by atomic mass is 10.2. The third-order valence-electron chi connectivity index (χ3n) is 0.676. The minimum absolute atomic E-state index is 0.289. The molecule has 0 rings (SSSR count). The number of hydrogen-bond acceptors (Lipinski definition) is 3. The molecule has 0 unspecified atom stereocenters. The van der Waals surface area contributed by atoms with E-state index in [1.807, 2.05) is 0 Å². The predicted molar refractivity (Wildman–Crippen MR) is 28.0 cm³/mol. The summed E-state index contributed by atoms with van der Waals surface area (Å²) in [5, 5.41) is 9.82. The lowest BCUT2D eigenvalue weighted by Gasteiger charge is -2.00.